The third-order valence-electron chi connectivity index (χ3n) is 4.82. The van der Waals surface area contributed by atoms with E-state index in [1.807, 2.05) is 57.8 Å². The minimum atomic E-state index is -0.293. The highest BCUT2D eigenvalue weighted by atomic mass is 32.1. The van der Waals surface area contributed by atoms with Crippen molar-refractivity contribution in [3.8, 4) is 5.69 Å². The Bertz CT molecular complexity index is 1030. The smallest absolute Gasteiger partial charge is 0.338 e. The second-order valence-corrected chi connectivity index (χ2v) is 6.79. The van der Waals surface area contributed by atoms with E-state index < -0.39 is 0 Å². The van der Waals surface area contributed by atoms with E-state index in [1.54, 1.807) is 6.33 Å². The fourth-order valence-electron chi connectivity index (χ4n) is 3.51. The van der Waals surface area contributed by atoms with E-state index in [2.05, 4.69) is 10.00 Å². The second kappa shape index (κ2) is 7.36. The van der Waals surface area contributed by atoms with Gasteiger partial charge in [-0.1, -0.05) is 24.3 Å². The van der Waals surface area contributed by atoms with Crippen molar-refractivity contribution in [2.24, 2.45) is 0 Å². The van der Waals surface area contributed by atoms with Crippen LogP contribution in [0.3, 0.4) is 0 Å². The Hall–Kier alpha value is -2.93. The van der Waals surface area contributed by atoms with Crippen molar-refractivity contribution in [3.63, 3.8) is 0 Å². The number of nitrogens with zero attached hydrogens (tertiary/aromatic N) is 4. The Labute approximate surface area is 162 Å². The predicted octanol–water partition coefficient (Wildman–Crippen LogP) is 3.60. The lowest BCUT2D eigenvalue weighted by atomic mass is 9.96. The molecule has 138 valence electrons. The molecule has 0 unspecified atom stereocenters. The van der Waals surface area contributed by atoms with E-state index in [-0.39, 0.29) is 5.97 Å². The van der Waals surface area contributed by atoms with Gasteiger partial charge in [-0.25, -0.2) is 9.48 Å². The number of anilines is 1. The number of hydrogen-bond donors (Lipinski definition) is 0. The molecule has 2 aromatic carbocycles. The Morgan fingerprint density at radius 3 is 2.78 bits per heavy atom. The van der Waals surface area contributed by atoms with Gasteiger partial charge in [-0.05, 0) is 54.9 Å². The van der Waals surface area contributed by atoms with Crippen molar-refractivity contribution < 1.29 is 9.53 Å². The number of hydrogen-bond acceptors (Lipinski definition) is 5. The lowest BCUT2D eigenvalue weighted by Crippen LogP contribution is -2.32. The first kappa shape index (κ1) is 17.5. The molecule has 0 N–H and O–H groups in total. The van der Waals surface area contributed by atoms with Gasteiger partial charge in [0.25, 0.3) is 0 Å². The summed E-state index contributed by atoms with van der Waals surface area (Å²) >= 11 is 5.62. The Kier molecular flexibility index (Phi) is 4.77. The third kappa shape index (κ3) is 3.26. The second-order valence-electron chi connectivity index (χ2n) is 6.42. The van der Waals surface area contributed by atoms with Crippen molar-refractivity contribution in [2.75, 3.05) is 18.6 Å². The molecule has 4 rings (SSSR count). The number of esters is 1. The van der Waals surface area contributed by atoms with Crippen LogP contribution in [0.4, 0.5) is 5.69 Å². The summed E-state index contributed by atoms with van der Waals surface area (Å²) in [4.78, 5) is 14.3. The number of carbonyl (C=O) groups is 1. The molecule has 0 amide bonds. The number of ether oxygens (including phenoxy) is 1. The molecule has 2 heterocycles. The van der Waals surface area contributed by atoms with Crippen LogP contribution >= 0.6 is 12.2 Å². The van der Waals surface area contributed by atoms with Crippen LogP contribution in [0, 0.1) is 4.77 Å². The molecule has 0 bridgehead atoms. The molecule has 0 saturated heterocycles. The van der Waals surface area contributed by atoms with Crippen LogP contribution in [0.2, 0.25) is 0 Å². The first-order chi connectivity index (χ1) is 13.2. The molecule has 0 saturated carbocycles. The molecule has 3 aromatic rings. The summed E-state index contributed by atoms with van der Waals surface area (Å²) in [6, 6.07) is 15.7. The van der Waals surface area contributed by atoms with E-state index in [4.69, 9.17) is 17.0 Å². The highest BCUT2D eigenvalue weighted by Crippen LogP contribution is 2.30. The van der Waals surface area contributed by atoms with E-state index in [1.165, 1.54) is 7.11 Å². The summed E-state index contributed by atoms with van der Waals surface area (Å²) < 4.78 is 9.27. The maximum atomic E-state index is 12.1. The van der Waals surface area contributed by atoms with Crippen molar-refractivity contribution in [1.29, 1.82) is 0 Å². The van der Waals surface area contributed by atoms with Gasteiger partial charge < -0.3 is 9.64 Å². The van der Waals surface area contributed by atoms with Crippen LogP contribution in [0.25, 0.3) is 5.69 Å². The minimum Gasteiger partial charge on any atom is -0.465 e. The number of fused-ring (bicyclic) bond motifs is 1. The lowest BCUT2D eigenvalue weighted by Gasteiger charge is -2.31. The van der Waals surface area contributed by atoms with Gasteiger partial charge in [0, 0.05) is 17.9 Å². The normalized spacial score (nSPS) is 13.3. The van der Waals surface area contributed by atoms with Crippen LogP contribution in [-0.4, -0.2) is 34.0 Å². The van der Waals surface area contributed by atoms with Crippen LogP contribution in [-0.2, 0) is 17.8 Å². The van der Waals surface area contributed by atoms with Crippen LogP contribution in [0.1, 0.15) is 22.3 Å². The summed E-state index contributed by atoms with van der Waals surface area (Å²) in [7, 11) is 1.41. The van der Waals surface area contributed by atoms with Crippen molar-refractivity contribution in [1.82, 2.24) is 14.3 Å². The SMILES string of the molecule is COC(=O)c1cccc2c1CCCN2Cn1ncn(-c2ccccc2)c1=S. The topological polar surface area (TPSA) is 52.3 Å². The molecule has 1 aliphatic heterocycles. The molecule has 0 aliphatic carbocycles. The van der Waals surface area contributed by atoms with Gasteiger partial charge in [0.1, 0.15) is 13.0 Å². The molecule has 0 atom stereocenters. The molecule has 0 radical (unpaired) electrons. The Balaban J connectivity index is 1.66. The van der Waals surface area contributed by atoms with Crippen LogP contribution < -0.4 is 4.90 Å². The first-order valence-corrected chi connectivity index (χ1v) is 9.25. The predicted molar refractivity (Wildman–Crippen MR) is 106 cm³/mol. The number of methoxy groups -OCH3 is 1. The molecular weight excluding hydrogens is 360 g/mol. The number of aromatic nitrogens is 3. The zero-order chi connectivity index (χ0) is 18.8. The minimum absolute atomic E-state index is 0.293. The molecular formula is C20H20N4O2S. The number of benzene rings is 2. The van der Waals surface area contributed by atoms with Gasteiger partial charge in [-0.2, -0.15) is 5.10 Å². The molecule has 1 aliphatic rings. The van der Waals surface area contributed by atoms with Crippen molar-refractivity contribution in [2.45, 2.75) is 19.5 Å². The molecule has 6 nitrogen and oxygen atoms in total. The van der Waals surface area contributed by atoms with E-state index in [0.29, 0.717) is 17.0 Å². The summed E-state index contributed by atoms with van der Waals surface area (Å²) in [5.74, 6) is -0.293. The van der Waals surface area contributed by atoms with Crippen molar-refractivity contribution in [3.05, 3.63) is 70.8 Å². The Morgan fingerprint density at radius 1 is 1.19 bits per heavy atom. The van der Waals surface area contributed by atoms with Gasteiger partial charge in [0.15, 0.2) is 0 Å². The largest absolute Gasteiger partial charge is 0.465 e. The van der Waals surface area contributed by atoms with Gasteiger partial charge in [-0.3, -0.25) is 4.57 Å². The Morgan fingerprint density at radius 2 is 2.00 bits per heavy atom. The fourth-order valence-corrected chi connectivity index (χ4v) is 3.77. The van der Waals surface area contributed by atoms with E-state index in [0.717, 1.165) is 36.3 Å². The molecule has 1 aromatic heterocycles. The molecule has 0 fully saturated rings. The zero-order valence-corrected chi connectivity index (χ0v) is 15.9. The number of carbonyl (C=O) groups excluding carboxylic acids is 1. The van der Waals surface area contributed by atoms with Gasteiger partial charge in [-0.15, -0.1) is 0 Å². The lowest BCUT2D eigenvalue weighted by molar-refractivity contribution is 0.0599. The summed E-state index contributed by atoms with van der Waals surface area (Å²) in [5.41, 5.74) is 3.70. The third-order valence-corrected chi connectivity index (χ3v) is 5.23. The zero-order valence-electron chi connectivity index (χ0n) is 15.0. The van der Waals surface area contributed by atoms with E-state index >= 15 is 0 Å². The first-order valence-electron chi connectivity index (χ1n) is 8.84. The maximum absolute atomic E-state index is 12.1. The van der Waals surface area contributed by atoms with Crippen LogP contribution in [0.15, 0.2) is 54.9 Å². The van der Waals surface area contributed by atoms with Crippen molar-refractivity contribution >= 4 is 23.9 Å². The summed E-state index contributed by atoms with van der Waals surface area (Å²) in [6.45, 7) is 1.42. The highest BCUT2D eigenvalue weighted by molar-refractivity contribution is 7.71. The fraction of sp³-hybridized carbons (Fsp3) is 0.250. The summed E-state index contributed by atoms with van der Waals surface area (Å²) in [5, 5.41) is 4.48. The maximum Gasteiger partial charge on any atom is 0.338 e. The molecule has 0 spiro atoms. The van der Waals surface area contributed by atoms with E-state index in [9.17, 15) is 4.79 Å². The molecule has 27 heavy (non-hydrogen) atoms. The monoisotopic (exact) mass is 380 g/mol. The average molecular weight is 380 g/mol. The number of para-hydroxylation sites is 1. The van der Waals surface area contributed by atoms with Crippen LogP contribution in [0.5, 0.6) is 0 Å². The average Bonchev–Trinajstić information content (AvgIpc) is 3.08. The van der Waals surface area contributed by atoms with Gasteiger partial charge in [0.2, 0.25) is 4.77 Å². The van der Waals surface area contributed by atoms with Gasteiger partial charge in [0.05, 0.1) is 12.7 Å². The quantitative estimate of drug-likeness (QED) is 0.511. The highest BCUT2D eigenvalue weighted by Gasteiger charge is 2.23. The van der Waals surface area contributed by atoms with Gasteiger partial charge >= 0.3 is 5.97 Å². The molecule has 7 heteroatoms. The standard InChI is InChI=1S/C20H20N4O2S/c1-26-19(25)17-9-5-11-18-16(17)10-6-12-22(18)14-24-20(27)23(13-21-24)15-7-3-2-4-8-15/h2-5,7-9,11,13H,6,10,12,14H2,1H3. The summed E-state index contributed by atoms with van der Waals surface area (Å²) in [6.07, 6.45) is 3.57. The number of rotatable bonds is 4.